The van der Waals surface area contributed by atoms with Crippen molar-refractivity contribution in [1.82, 2.24) is 15.2 Å². The number of piperidine rings is 1. The highest BCUT2D eigenvalue weighted by atomic mass is 79.9. The highest BCUT2D eigenvalue weighted by Crippen LogP contribution is 2.27. The Bertz CT molecular complexity index is 1120. The Hall–Kier alpha value is -2.99. The third-order valence-electron chi connectivity index (χ3n) is 5.95. The van der Waals surface area contributed by atoms with Crippen molar-refractivity contribution in [2.24, 2.45) is 5.92 Å². The van der Waals surface area contributed by atoms with Crippen molar-refractivity contribution in [2.45, 2.75) is 26.3 Å². The molecule has 0 bridgehead atoms. The van der Waals surface area contributed by atoms with Crippen LogP contribution >= 0.6 is 15.9 Å². The van der Waals surface area contributed by atoms with E-state index in [1.54, 1.807) is 12.3 Å². The second-order valence-corrected chi connectivity index (χ2v) is 9.04. The maximum Gasteiger partial charge on any atom is 0.256 e. The number of hydrogen-bond donors (Lipinski definition) is 1. The zero-order chi connectivity index (χ0) is 22.5. The number of aromatic nitrogens is 1. The summed E-state index contributed by atoms with van der Waals surface area (Å²) in [6, 6.07) is 19.5. The molecule has 1 aromatic heterocycles. The SMILES string of the molecule is Cc1ccccc1-c1ncccc1C(=O)N1CCC(C(=O)NCc2cccc(Br)c2)CC1. The van der Waals surface area contributed by atoms with Crippen molar-refractivity contribution in [3.05, 3.63) is 88.0 Å². The highest BCUT2D eigenvalue weighted by Gasteiger charge is 2.29. The van der Waals surface area contributed by atoms with Gasteiger partial charge in [-0.3, -0.25) is 14.6 Å². The maximum atomic E-state index is 13.3. The minimum Gasteiger partial charge on any atom is -0.352 e. The van der Waals surface area contributed by atoms with Gasteiger partial charge in [0.25, 0.3) is 5.91 Å². The second-order valence-electron chi connectivity index (χ2n) is 8.13. The quantitative estimate of drug-likeness (QED) is 0.546. The summed E-state index contributed by atoms with van der Waals surface area (Å²) in [5, 5.41) is 3.04. The molecule has 1 N–H and O–H groups in total. The van der Waals surface area contributed by atoms with Crippen LogP contribution in [0.2, 0.25) is 0 Å². The number of nitrogens with one attached hydrogen (secondary N) is 1. The van der Waals surface area contributed by atoms with Crippen LogP contribution < -0.4 is 5.32 Å². The van der Waals surface area contributed by atoms with Gasteiger partial charge in [0.05, 0.1) is 11.3 Å². The fourth-order valence-electron chi connectivity index (χ4n) is 4.13. The number of hydrogen-bond acceptors (Lipinski definition) is 3. The van der Waals surface area contributed by atoms with Crippen LogP contribution in [-0.2, 0) is 11.3 Å². The van der Waals surface area contributed by atoms with Crippen molar-refractivity contribution in [3.63, 3.8) is 0 Å². The largest absolute Gasteiger partial charge is 0.352 e. The molecule has 1 aliphatic rings. The number of amides is 2. The van der Waals surface area contributed by atoms with Gasteiger partial charge in [0.15, 0.2) is 0 Å². The number of nitrogens with zero attached hydrogens (tertiary/aromatic N) is 2. The lowest BCUT2D eigenvalue weighted by Crippen LogP contribution is -2.43. The van der Waals surface area contributed by atoms with E-state index in [4.69, 9.17) is 0 Å². The molecule has 164 valence electrons. The van der Waals surface area contributed by atoms with Crippen molar-refractivity contribution < 1.29 is 9.59 Å². The summed E-state index contributed by atoms with van der Waals surface area (Å²) in [7, 11) is 0. The van der Waals surface area contributed by atoms with Gasteiger partial charge in [-0.05, 0) is 55.2 Å². The molecule has 32 heavy (non-hydrogen) atoms. The third-order valence-corrected chi connectivity index (χ3v) is 6.44. The van der Waals surface area contributed by atoms with Crippen molar-refractivity contribution in [2.75, 3.05) is 13.1 Å². The highest BCUT2D eigenvalue weighted by molar-refractivity contribution is 9.10. The molecule has 1 aliphatic heterocycles. The lowest BCUT2D eigenvalue weighted by atomic mass is 9.94. The van der Waals surface area contributed by atoms with E-state index in [0.29, 0.717) is 43.7 Å². The number of halogens is 1. The Morgan fingerprint density at radius 1 is 1.06 bits per heavy atom. The normalized spacial score (nSPS) is 14.2. The van der Waals surface area contributed by atoms with Crippen molar-refractivity contribution in [3.8, 4) is 11.3 Å². The Labute approximate surface area is 197 Å². The summed E-state index contributed by atoms with van der Waals surface area (Å²) in [6.07, 6.45) is 3.05. The first-order chi connectivity index (χ1) is 15.5. The van der Waals surface area contributed by atoms with E-state index < -0.39 is 0 Å². The number of benzene rings is 2. The zero-order valence-corrected chi connectivity index (χ0v) is 19.6. The monoisotopic (exact) mass is 491 g/mol. The standard InChI is InChI=1S/C26H26BrN3O2/c1-18-6-2-3-9-22(18)24-23(10-5-13-28-24)26(32)30-14-11-20(12-15-30)25(31)29-17-19-7-4-8-21(27)16-19/h2-10,13,16,20H,11-12,14-15,17H2,1H3,(H,29,31). The molecule has 0 radical (unpaired) electrons. The topological polar surface area (TPSA) is 62.3 Å². The van der Waals surface area contributed by atoms with Gasteiger partial charge in [-0.2, -0.15) is 0 Å². The fourth-order valence-corrected chi connectivity index (χ4v) is 4.57. The minimum atomic E-state index is -0.0732. The number of carbonyl (C=O) groups is 2. The first kappa shape index (κ1) is 22.2. The molecule has 2 amide bonds. The zero-order valence-electron chi connectivity index (χ0n) is 18.1. The van der Waals surface area contributed by atoms with E-state index in [0.717, 1.165) is 21.2 Å². The van der Waals surface area contributed by atoms with E-state index in [2.05, 4.69) is 26.2 Å². The van der Waals surface area contributed by atoms with Gasteiger partial charge in [0.1, 0.15) is 0 Å². The van der Waals surface area contributed by atoms with E-state index in [1.165, 1.54) is 0 Å². The molecular weight excluding hydrogens is 466 g/mol. The van der Waals surface area contributed by atoms with Crippen molar-refractivity contribution >= 4 is 27.7 Å². The predicted octanol–water partition coefficient (Wildman–Crippen LogP) is 4.99. The maximum absolute atomic E-state index is 13.3. The third kappa shape index (κ3) is 5.07. The summed E-state index contributed by atoms with van der Waals surface area (Å²) >= 11 is 3.45. The molecule has 0 unspecified atom stereocenters. The Balaban J connectivity index is 1.38. The minimum absolute atomic E-state index is 0.0238. The first-order valence-electron chi connectivity index (χ1n) is 10.9. The van der Waals surface area contributed by atoms with Crippen LogP contribution in [0.3, 0.4) is 0 Å². The summed E-state index contributed by atoms with van der Waals surface area (Å²) in [4.78, 5) is 32.3. The fraction of sp³-hybridized carbons (Fsp3) is 0.269. The molecule has 3 aromatic rings. The average molecular weight is 492 g/mol. The van der Waals surface area contributed by atoms with Gasteiger partial charge in [0.2, 0.25) is 5.91 Å². The number of rotatable bonds is 5. The molecule has 4 rings (SSSR count). The van der Waals surface area contributed by atoms with Crippen LogP contribution in [0.1, 0.15) is 34.3 Å². The Kier molecular flexibility index (Phi) is 7.00. The molecule has 0 saturated carbocycles. The van der Waals surface area contributed by atoms with Gasteiger partial charge in [-0.25, -0.2) is 0 Å². The van der Waals surface area contributed by atoms with Gasteiger partial charge in [0, 0.05) is 41.8 Å². The molecule has 6 heteroatoms. The van der Waals surface area contributed by atoms with Crippen LogP contribution in [0.4, 0.5) is 0 Å². The van der Waals surface area contributed by atoms with Gasteiger partial charge < -0.3 is 10.2 Å². The van der Waals surface area contributed by atoms with Gasteiger partial charge in [-0.15, -0.1) is 0 Å². The van der Waals surface area contributed by atoms with E-state index in [9.17, 15) is 9.59 Å². The lowest BCUT2D eigenvalue weighted by molar-refractivity contribution is -0.126. The molecule has 0 aliphatic carbocycles. The summed E-state index contributed by atoms with van der Waals surface area (Å²) in [6.45, 7) is 3.66. The number of likely N-dealkylation sites (tertiary alicyclic amines) is 1. The smallest absolute Gasteiger partial charge is 0.256 e. The summed E-state index contributed by atoms with van der Waals surface area (Å²) in [5.74, 6) is -0.0423. The Morgan fingerprint density at radius 2 is 1.84 bits per heavy atom. The van der Waals surface area contributed by atoms with E-state index in [1.807, 2.05) is 66.4 Å². The molecule has 1 saturated heterocycles. The predicted molar refractivity (Wildman–Crippen MR) is 129 cm³/mol. The van der Waals surface area contributed by atoms with Crippen molar-refractivity contribution in [1.29, 1.82) is 0 Å². The number of carbonyl (C=O) groups excluding carboxylic acids is 2. The molecule has 2 heterocycles. The van der Waals surface area contributed by atoms with Crippen LogP contribution in [0.15, 0.2) is 71.3 Å². The van der Waals surface area contributed by atoms with Crippen LogP contribution in [0.5, 0.6) is 0 Å². The molecule has 1 fully saturated rings. The second kappa shape index (κ2) is 10.1. The van der Waals surface area contributed by atoms with Crippen LogP contribution in [0, 0.1) is 12.8 Å². The molecule has 0 atom stereocenters. The average Bonchev–Trinajstić information content (AvgIpc) is 2.82. The molecular formula is C26H26BrN3O2. The summed E-state index contributed by atoms with van der Waals surface area (Å²) < 4.78 is 0.997. The molecule has 0 spiro atoms. The van der Waals surface area contributed by atoms with E-state index >= 15 is 0 Å². The number of pyridine rings is 1. The molecule has 5 nitrogen and oxygen atoms in total. The Morgan fingerprint density at radius 3 is 2.59 bits per heavy atom. The van der Waals surface area contributed by atoms with E-state index in [-0.39, 0.29) is 17.7 Å². The van der Waals surface area contributed by atoms with Gasteiger partial charge >= 0.3 is 0 Å². The van der Waals surface area contributed by atoms with Gasteiger partial charge in [-0.1, -0.05) is 52.3 Å². The lowest BCUT2D eigenvalue weighted by Gasteiger charge is -2.31. The summed E-state index contributed by atoms with van der Waals surface area (Å²) in [5.41, 5.74) is 4.43. The van der Waals surface area contributed by atoms with Crippen LogP contribution in [-0.4, -0.2) is 34.8 Å². The van der Waals surface area contributed by atoms with Crippen LogP contribution in [0.25, 0.3) is 11.3 Å². The number of aryl methyl sites for hydroxylation is 1. The first-order valence-corrected chi connectivity index (χ1v) is 11.6. The molecule has 2 aromatic carbocycles.